The molecular weight excluding hydrogens is 379 g/mol. The van der Waals surface area contributed by atoms with Crippen LogP contribution in [0.25, 0.3) is 0 Å². The summed E-state index contributed by atoms with van der Waals surface area (Å²) in [6.45, 7) is 4.99. The number of aromatic hydroxyl groups is 1. The summed E-state index contributed by atoms with van der Waals surface area (Å²) in [5.41, 5.74) is 0.429. The fourth-order valence-electron chi connectivity index (χ4n) is 3.47. The minimum atomic E-state index is -0.0382. The Hall–Kier alpha value is -0.820. The number of piperazine rings is 1. The van der Waals surface area contributed by atoms with Crippen molar-refractivity contribution in [2.45, 2.75) is 38.3 Å². The number of hydrogen-bond donors (Lipinski definition) is 1. The lowest BCUT2D eigenvalue weighted by atomic mass is 9.96. The van der Waals surface area contributed by atoms with Gasteiger partial charge in [-0.25, -0.2) is 0 Å². The number of fused-ring (bicyclic) bond motifs is 1. The molecule has 0 radical (unpaired) electrons. The lowest BCUT2D eigenvalue weighted by molar-refractivity contribution is 0.0150. The van der Waals surface area contributed by atoms with Gasteiger partial charge in [0.2, 0.25) is 0 Å². The third kappa shape index (κ3) is 3.04. The van der Waals surface area contributed by atoms with Crippen LogP contribution in [0.3, 0.4) is 0 Å². The fraction of sp³-hybridized carbons (Fsp3) is 0.562. The zero-order chi connectivity index (χ0) is 15.0. The van der Waals surface area contributed by atoms with E-state index < -0.39 is 0 Å². The molecule has 2 unspecified atom stereocenters. The lowest BCUT2D eigenvalue weighted by Crippen LogP contribution is -2.60. The van der Waals surface area contributed by atoms with Gasteiger partial charge in [-0.2, -0.15) is 0 Å². The van der Waals surface area contributed by atoms with Gasteiger partial charge in [0.1, 0.15) is 5.75 Å². The van der Waals surface area contributed by atoms with E-state index in [0.29, 0.717) is 11.6 Å². The molecule has 3 rings (SSSR count). The number of hydrogen-bond acceptors (Lipinski definition) is 3. The van der Waals surface area contributed by atoms with Crippen molar-refractivity contribution in [3.8, 4) is 5.75 Å². The number of nitrogens with zero attached hydrogens (tertiary/aromatic N) is 2. The Kier molecular flexibility index (Phi) is 4.40. The first kappa shape index (κ1) is 15.1. The predicted molar refractivity (Wildman–Crippen MR) is 90.5 cm³/mol. The number of amides is 1. The van der Waals surface area contributed by atoms with Crippen molar-refractivity contribution in [2.75, 3.05) is 19.6 Å². The Bertz CT molecular complexity index is 549. The number of piperidine rings is 1. The summed E-state index contributed by atoms with van der Waals surface area (Å²) in [5, 5.41) is 9.99. The molecule has 1 N–H and O–H groups in total. The first-order chi connectivity index (χ1) is 10.1. The highest BCUT2D eigenvalue weighted by molar-refractivity contribution is 14.1. The molecule has 2 saturated heterocycles. The zero-order valence-electron chi connectivity index (χ0n) is 12.3. The molecule has 21 heavy (non-hydrogen) atoms. The quantitative estimate of drug-likeness (QED) is 0.738. The van der Waals surface area contributed by atoms with Gasteiger partial charge in [0.05, 0.1) is 5.56 Å². The lowest BCUT2D eigenvalue weighted by Gasteiger charge is -2.47. The van der Waals surface area contributed by atoms with Crippen LogP contribution < -0.4 is 0 Å². The number of carbonyl (C=O) groups is 1. The molecule has 0 saturated carbocycles. The second kappa shape index (κ2) is 6.12. The van der Waals surface area contributed by atoms with Gasteiger partial charge in [-0.1, -0.05) is 6.42 Å². The largest absolute Gasteiger partial charge is 0.507 e. The van der Waals surface area contributed by atoms with Crippen LogP contribution in [-0.2, 0) is 0 Å². The van der Waals surface area contributed by atoms with Crippen LogP contribution in [0.15, 0.2) is 18.2 Å². The molecule has 2 fully saturated rings. The van der Waals surface area contributed by atoms with Crippen LogP contribution in [0, 0.1) is 3.57 Å². The van der Waals surface area contributed by atoms with Crippen molar-refractivity contribution in [3.05, 3.63) is 27.3 Å². The van der Waals surface area contributed by atoms with E-state index in [2.05, 4.69) is 34.4 Å². The molecule has 2 aliphatic rings. The Balaban J connectivity index is 1.82. The molecule has 1 aromatic rings. The molecule has 5 heteroatoms. The van der Waals surface area contributed by atoms with E-state index in [9.17, 15) is 9.90 Å². The number of halogens is 1. The highest BCUT2D eigenvalue weighted by Gasteiger charge is 2.36. The first-order valence-corrected chi connectivity index (χ1v) is 8.67. The van der Waals surface area contributed by atoms with Crippen molar-refractivity contribution >= 4 is 28.5 Å². The molecule has 2 atom stereocenters. The smallest absolute Gasteiger partial charge is 0.257 e. The third-order valence-electron chi connectivity index (χ3n) is 4.64. The summed E-state index contributed by atoms with van der Waals surface area (Å²) in [5.74, 6) is 0.0439. The average molecular weight is 400 g/mol. The van der Waals surface area contributed by atoms with Crippen LogP contribution in [0.4, 0.5) is 0 Å². The van der Waals surface area contributed by atoms with E-state index >= 15 is 0 Å². The first-order valence-electron chi connectivity index (χ1n) is 7.60. The van der Waals surface area contributed by atoms with Crippen molar-refractivity contribution in [1.29, 1.82) is 0 Å². The van der Waals surface area contributed by atoms with Crippen molar-refractivity contribution in [3.63, 3.8) is 0 Å². The number of phenolic OH excluding ortho intramolecular Hbond substituents is 1. The molecule has 2 heterocycles. The van der Waals surface area contributed by atoms with Crippen LogP contribution in [0.2, 0.25) is 0 Å². The van der Waals surface area contributed by atoms with E-state index in [1.807, 2.05) is 11.0 Å². The SMILES string of the molecule is CC1CN2CCCCC2CN1C(=O)c1cc(I)ccc1O. The molecule has 4 nitrogen and oxygen atoms in total. The molecule has 2 aliphatic heterocycles. The van der Waals surface area contributed by atoms with Gasteiger partial charge in [-0.05, 0) is 67.1 Å². The van der Waals surface area contributed by atoms with Crippen LogP contribution >= 0.6 is 22.6 Å². The second-order valence-electron chi connectivity index (χ2n) is 6.11. The van der Waals surface area contributed by atoms with Crippen molar-refractivity contribution < 1.29 is 9.90 Å². The fourth-order valence-corrected chi connectivity index (χ4v) is 3.96. The van der Waals surface area contributed by atoms with E-state index in [1.54, 1.807) is 12.1 Å². The third-order valence-corrected chi connectivity index (χ3v) is 5.31. The predicted octanol–water partition coefficient (Wildman–Crippen LogP) is 2.70. The summed E-state index contributed by atoms with van der Waals surface area (Å²) >= 11 is 2.17. The standard InChI is InChI=1S/C16H21IN2O2/c1-11-9-18-7-3-2-4-13(18)10-19(11)16(21)14-8-12(17)5-6-15(14)20/h5-6,8,11,13,20H,2-4,7,9-10H2,1H3. The van der Waals surface area contributed by atoms with Gasteiger partial charge >= 0.3 is 0 Å². The maximum atomic E-state index is 12.8. The van der Waals surface area contributed by atoms with Gasteiger partial charge < -0.3 is 10.0 Å². The van der Waals surface area contributed by atoms with Gasteiger partial charge in [0.25, 0.3) is 5.91 Å². The maximum Gasteiger partial charge on any atom is 0.257 e. The summed E-state index contributed by atoms with van der Waals surface area (Å²) in [7, 11) is 0. The molecule has 0 aliphatic carbocycles. The van der Waals surface area contributed by atoms with E-state index in [1.165, 1.54) is 19.3 Å². The highest BCUT2D eigenvalue weighted by Crippen LogP contribution is 2.27. The minimum Gasteiger partial charge on any atom is -0.507 e. The topological polar surface area (TPSA) is 43.8 Å². The van der Waals surface area contributed by atoms with Gasteiger partial charge in [-0.15, -0.1) is 0 Å². The zero-order valence-corrected chi connectivity index (χ0v) is 14.4. The van der Waals surface area contributed by atoms with Crippen LogP contribution in [-0.4, -0.2) is 52.5 Å². The molecule has 1 amide bonds. The number of benzene rings is 1. The maximum absolute atomic E-state index is 12.8. The Labute approximate surface area is 139 Å². The number of rotatable bonds is 1. The average Bonchev–Trinajstić information content (AvgIpc) is 2.48. The van der Waals surface area contributed by atoms with E-state index in [-0.39, 0.29) is 17.7 Å². The summed E-state index contributed by atoms with van der Waals surface area (Å²) in [6, 6.07) is 5.89. The Morgan fingerprint density at radius 2 is 2.14 bits per heavy atom. The minimum absolute atomic E-state index is 0.0382. The van der Waals surface area contributed by atoms with Crippen molar-refractivity contribution in [1.82, 2.24) is 9.80 Å². The van der Waals surface area contributed by atoms with Crippen LogP contribution in [0.5, 0.6) is 5.75 Å². The normalized spacial score (nSPS) is 26.5. The molecule has 0 spiro atoms. The van der Waals surface area contributed by atoms with Crippen LogP contribution in [0.1, 0.15) is 36.5 Å². The summed E-state index contributed by atoms with van der Waals surface area (Å²) in [6.07, 6.45) is 3.70. The molecular formula is C16H21IN2O2. The van der Waals surface area contributed by atoms with E-state index in [0.717, 1.165) is 23.2 Å². The summed E-state index contributed by atoms with van der Waals surface area (Å²) < 4.78 is 0.970. The summed E-state index contributed by atoms with van der Waals surface area (Å²) in [4.78, 5) is 17.3. The monoisotopic (exact) mass is 400 g/mol. The Morgan fingerprint density at radius 1 is 1.33 bits per heavy atom. The highest BCUT2D eigenvalue weighted by atomic mass is 127. The van der Waals surface area contributed by atoms with Crippen molar-refractivity contribution in [2.24, 2.45) is 0 Å². The van der Waals surface area contributed by atoms with Gasteiger partial charge in [0.15, 0.2) is 0 Å². The number of carbonyl (C=O) groups excluding carboxylic acids is 1. The van der Waals surface area contributed by atoms with Gasteiger partial charge in [0, 0.05) is 28.7 Å². The Morgan fingerprint density at radius 3 is 2.95 bits per heavy atom. The molecule has 0 aromatic heterocycles. The second-order valence-corrected chi connectivity index (χ2v) is 7.36. The molecule has 1 aromatic carbocycles. The van der Waals surface area contributed by atoms with Gasteiger partial charge in [-0.3, -0.25) is 9.69 Å². The molecule has 114 valence electrons. The molecule has 0 bridgehead atoms. The van der Waals surface area contributed by atoms with E-state index in [4.69, 9.17) is 0 Å². The number of phenols is 1.